The van der Waals surface area contributed by atoms with Gasteiger partial charge in [-0.1, -0.05) is 102 Å². The quantitative estimate of drug-likeness (QED) is 0.473. The summed E-state index contributed by atoms with van der Waals surface area (Å²) in [6.07, 6.45) is 1.15. The summed E-state index contributed by atoms with van der Waals surface area (Å²) in [4.78, 5) is 0. The van der Waals surface area contributed by atoms with E-state index >= 15 is 0 Å². The monoisotopic (exact) mass is 370 g/mol. The lowest BCUT2D eigenvalue weighted by atomic mass is 10.1. The average Bonchev–Trinajstić information content (AvgIpc) is 2.65. The summed E-state index contributed by atoms with van der Waals surface area (Å²) in [5, 5.41) is 2.66. The van der Waals surface area contributed by atoms with Gasteiger partial charge in [0.1, 0.15) is 0 Å². The van der Waals surface area contributed by atoms with E-state index in [1.54, 1.807) is 0 Å². The van der Waals surface area contributed by atoms with E-state index in [1.165, 1.54) is 10.4 Å². The van der Waals surface area contributed by atoms with Gasteiger partial charge in [-0.3, -0.25) is 0 Å². The second-order valence-electron chi connectivity index (χ2n) is 8.10. The van der Waals surface area contributed by atoms with Gasteiger partial charge >= 0.3 is 0 Å². The molecule has 0 bridgehead atoms. The molecular formula is C23H34O2Si. The molecule has 1 atom stereocenters. The summed E-state index contributed by atoms with van der Waals surface area (Å²) in [6.45, 7) is 13.4. The Kier molecular flexibility index (Phi) is 7.63. The third-order valence-corrected chi connectivity index (χ3v) is 10.1. The van der Waals surface area contributed by atoms with Gasteiger partial charge in [-0.25, -0.2) is 0 Å². The fourth-order valence-electron chi connectivity index (χ4n) is 3.42. The van der Waals surface area contributed by atoms with Crippen molar-refractivity contribution in [1.82, 2.24) is 0 Å². The second-order valence-corrected chi connectivity index (χ2v) is 12.4. The van der Waals surface area contributed by atoms with Crippen LogP contribution in [0.25, 0.3) is 0 Å². The zero-order chi connectivity index (χ0) is 19.0. The zero-order valence-electron chi connectivity index (χ0n) is 17.0. The molecule has 26 heavy (non-hydrogen) atoms. The Bertz CT molecular complexity index is 595. The minimum atomic E-state index is -2.41. The first-order valence-corrected chi connectivity index (χ1v) is 11.7. The summed E-state index contributed by atoms with van der Waals surface area (Å²) in [5.74, 6) is 0.600. The van der Waals surface area contributed by atoms with Crippen molar-refractivity contribution in [3.63, 3.8) is 0 Å². The standard InChI is InChI=1S/C23H34O2Si/c1-6-20(2)19-24-17-18-25-26(23(3,4)5,21-13-9-7-10-14-21)22-15-11-8-12-16-22/h7-16,20H,6,17-19H2,1-5H3. The lowest BCUT2D eigenvalue weighted by molar-refractivity contribution is 0.0746. The highest BCUT2D eigenvalue weighted by atomic mass is 28.4. The van der Waals surface area contributed by atoms with Crippen LogP contribution in [0, 0.1) is 5.92 Å². The smallest absolute Gasteiger partial charge is 0.261 e. The molecule has 0 amide bonds. The van der Waals surface area contributed by atoms with Crippen LogP contribution in [-0.2, 0) is 9.16 Å². The van der Waals surface area contributed by atoms with Gasteiger partial charge in [-0.05, 0) is 21.3 Å². The topological polar surface area (TPSA) is 18.5 Å². The molecule has 3 heteroatoms. The third-order valence-electron chi connectivity index (χ3n) is 5.06. The minimum Gasteiger partial charge on any atom is -0.405 e. The minimum absolute atomic E-state index is 0.0203. The largest absolute Gasteiger partial charge is 0.405 e. The molecule has 0 spiro atoms. The summed E-state index contributed by atoms with van der Waals surface area (Å²) >= 11 is 0. The van der Waals surface area contributed by atoms with Gasteiger partial charge in [0, 0.05) is 6.61 Å². The second kappa shape index (κ2) is 9.49. The molecule has 0 saturated carbocycles. The molecule has 0 N–H and O–H groups in total. The van der Waals surface area contributed by atoms with Crippen molar-refractivity contribution < 1.29 is 9.16 Å². The van der Waals surface area contributed by atoms with Crippen LogP contribution >= 0.6 is 0 Å². The Hall–Kier alpha value is -1.42. The van der Waals surface area contributed by atoms with Crippen LogP contribution in [0.5, 0.6) is 0 Å². The Morgan fingerprint density at radius 1 is 0.846 bits per heavy atom. The van der Waals surface area contributed by atoms with E-state index in [1.807, 2.05) is 0 Å². The average molecular weight is 371 g/mol. The van der Waals surface area contributed by atoms with E-state index < -0.39 is 8.32 Å². The highest BCUT2D eigenvalue weighted by Gasteiger charge is 2.49. The van der Waals surface area contributed by atoms with Gasteiger partial charge in [0.2, 0.25) is 0 Å². The van der Waals surface area contributed by atoms with Crippen LogP contribution in [0.1, 0.15) is 41.0 Å². The van der Waals surface area contributed by atoms with Crippen LogP contribution in [0.4, 0.5) is 0 Å². The maximum absolute atomic E-state index is 6.80. The lowest BCUT2D eigenvalue weighted by Crippen LogP contribution is -2.66. The van der Waals surface area contributed by atoms with Crippen LogP contribution in [0.3, 0.4) is 0 Å². The normalized spacial score (nSPS) is 13.6. The first-order chi connectivity index (χ1) is 12.4. The predicted octanol–water partition coefficient (Wildman–Crippen LogP) is 4.63. The van der Waals surface area contributed by atoms with Crippen molar-refractivity contribution in [2.75, 3.05) is 19.8 Å². The summed E-state index contributed by atoms with van der Waals surface area (Å²) in [6, 6.07) is 21.5. The maximum Gasteiger partial charge on any atom is 0.261 e. The molecular weight excluding hydrogens is 336 g/mol. The number of hydrogen-bond donors (Lipinski definition) is 0. The fourth-order valence-corrected chi connectivity index (χ4v) is 7.96. The molecule has 0 saturated heterocycles. The molecule has 0 aliphatic heterocycles. The van der Waals surface area contributed by atoms with Gasteiger partial charge in [0.15, 0.2) is 0 Å². The summed E-state index contributed by atoms with van der Waals surface area (Å²) in [5.41, 5.74) is 0. The molecule has 2 rings (SSSR count). The molecule has 0 aliphatic carbocycles. The van der Waals surface area contributed by atoms with Crippen LogP contribution in [0.15, 0.2) is 60.7 Å². The number of rotatable bonds is 9. The van der Waals surface area contributed by atoms with Gasteiger partial charge in [-0.15, -0.1) is 0 Å². The van der Waals surface area contributed by atoms with Crippen molar-refractivity contribution in [1.29, 1.82) is 0 Å². The molecule has 0 radical (unpaired) electrons. The highest BCUT2D eigenvalue weighted by molar-refractivity contribution is 6.99. The Morgan fingerprint density at radius 3 is 1.77 bits per heavy atom. The molecule has 2 aromatic carbocycles. The summed E-state index contributed by atoms with van der Waals surface area (Å²) < 4.78 is 12.7. The molecule has 142 valence electrons. The SMILES string of the molecule is CCC(C)COCCO[Si](c1ccccc1)(c1ccccc1)C(C)(C)C. The van der Waals surface area contributed by atoms with Crippen molar-refractivity contribution in [2.24, 2.45) is 5.92 Å². The van der Waals surface area contributed by atoms with Gasteiger partial charge in [0.05, 0.1) is 13.2 Å². The molecule has 0 fully saturated rings. The van der Waals surface area contributed by atoms with Crippen LogP contribution < -0.4 is 10.4 Å². The molecule has 0 heterocycles. The van der Waals surface area contributed by atoms with E-state index in [0.717, 1.165) is 13.0 Å². The molecule has 2 aromatic rings. The molecule has 2 nitrogen and oxygen atoms in total. The zero-order valence-corrected chi connectivity index (χ0v) is 18.0. The van der Waals surface area contributed by atoms with Gasteiger partial charge in [-0.2, -0.15) is 0 Å². The fraction of sp³-hybridized carbons (Fsp3) is 0.478. The first-order valence-electron chi connectivity index (χ1n) is 9.74. The number of ether oxygens (including phenoxy) is 1. The first kappa shape index (κ1) is 20.9. The summed E-state index contributed by atoms with van der Waals surface area (Å²) in [7, 11) is -2.41. The van der Waals surface area contributed by atoms with Crippen molar-refractivity contribution in [2.45, 2.75) is 46.1 Å². The Morgan fingerprint density at radius 2 is 1.35 bits per heavy atom. The van der Waals surface area contributed by atoms with E-state index in [0.29, 0.717) is 19.1 Å². The van der Waals surface area contributed by atoms with E-state index in [2.05, 4.69) is 95.3 Å². The number of hydrogen-bond acceptors (Lipinski definition) is 2. The third kappa shape index (κ3) is 4.85. The number of benzene rings is 2. The highest BCUT2D eigenvalue weighted by Crippen LogP contribution is 2.36. The van der Waals surface area contributed by atoms with E-state index in [-0.39, 0.29) is 5.04 Å². The molecule has 0 aromatic heterocycles. The van der Waals surface area contributed by atoms with Crippen molar-refractivity contribution in [3.05, 3.63) is 60.7 Å². The molecule has 1 unspecified atom stereocenters. The predicted molar refractivity (Wildman–Crippen MR) is 114 cm³/mol. The van der Waals surface area contributed by atoms with Crippen LogP contribution in [-0.4, -0.2) is 28.1 Å². The van der Waals surface area contributed by atoms with Crippen molar-refractivity contribution in [3.8, 4) is 0 Å². The lowest BCUT2D eigenvalue weighted by Gasteiger charge is -2.43. The Labute approximate surface area is 160 Å². The van der Waals surface area contributed by atoms with E-state index in [4.69, 9.17) is 9.16 Å². The van der Waals surface area contributed by atoms with Gasteiger partial charge in [0.25, 0.3) is 8.32 Å². The van der Waals surface area contributed by atoms with E-state index in [9.17, 15) is 0 Å². The molecule has 0 aliphatic rings. The van der Waals surface area contributed by atoms with Crippen molar-refractivity contribution >= 4 is 18.7 Å². The maximum atomic E-state index is 6.80. The van der Waals surface area contributed by atoms with Crippen LogP contribution in [0.2, 0.25) is 5.04 Å². The Balaban J connectivity index is 2.29. The van der Waals surface area contributed by atoms with Gasteiger partial charge < -0.3 is 9.16 Å².